The van der Waals surface area contributed by atoms with E-state index < -0.39 is 0 Å². The highest BCUT2D eigenvalue weighted by atomic mass is 35.5. The van der Waals surface area contributed by atoms with Gasteiger partial charge in [-0.05, 0) is 50.8 Å². The zero-order chi connectivity index (χ0) is 19.1. The van der Waals surface area contributed by atoms with Crippen molar-refractivity contribution in [3.8, 4) is 11.6 Å². The molecule has 2 aliphatic heterocycles. The molecule has 5 rings (SSSR count). The van der Waals surface area contributed by atoms with E-state index in [2.05, 4.69) is 9.88 Å². The van der Waals surface area contributed by atoms with Gasteiger partial charge in [0.2, 0.25) is 0 Å². The van der Waals surface area contributed by atoms with Crippen molar-refractivity contribution in [3.63, 3.8) is 0 Å². The van der Waals surface area contributed by atoms with Gasteiger partial charge in [-0.15, -0.1) is 0 Å². The number of hydrogen-bond donors (Lipinski definition) is 0. The Balaban J connectivity index is 1.41. The van der Waals surface area contributed by atoms with Gasteiger partial charge in [0.1, 0.15) is 5.52 Å². The number of likely N-dealkylation sites (tertiary alicyclic amines) is 1. The molecule has 0 aromatic carbocycles. The second-order valence-corrected chi connectivity index (χ2v) is 8.71. The van der Waals surface area contributed by atoms with Crippen LogP contribution in [0.15, 0.2) is 6.07 Å². The number of rotatable bonds is 6. The Kier molecular flexibility index (Phi) is 4.81. The summed E-state index contributed by atoms with van der Waals surface area (Å²) in [6, 6.07) is 1.93. The van der Waals surface area contributed by atoms with Crippen molar-refractivity contribution in [3.05, 3.63) is 22.3 Å². The average molecular weight is 404 g/mol. The van der Waals surface area contributed by atoms with Crippen LogP contribution in [0.1, 0.15) is 30.5 Å². The first kappa shape index (κ1) is 18.4. The quantitative estimate of drug-likeness (QED) is 0.737. The number of aromatic nitrogens is 2. The van der Waals surface area contributed by atoms with E-state index in [1.807, 2.05) is 6.07 Å². The van der Waals surface area contributed by atoms with E-state index in [4.69, 9.17) is 30.8 Å². The van der Waals surface area contributed by atoms with Gasteiger partial charge in [0.05, 0.1) is 42.9 Å². The third-order valence-corrected chi connectivity index (χ3v) is 6.56. The largest absolute Gasteiger partial charge is 0.487 e. The molecule has 3 aliphatic rings. The van der Waals surface area contributed by atoms with E-state index in [1.165, 1.54) is 25.9 Å². The highest BCUT2D eigenvalue weighted by Crippen LogP contribution is 2.38. The normalized spacial score (nSPS) is 20.9. The molecule has 28 heavy (non-hydrogen) atoms. The molecule has 150 valence electrons. The van der Waals surface area contributed by atoms with Crippen molar-refractivity contribution in [2.45, 2.75) is 32.1 Å². The van der Waals surface area contributed by atoms with Crippen LogP contribution in [-0.2, 0) is 17.6 Å². The number of ether oxygens (including phenoxy) is 3. The van der Waals surface area contributed by atoms with Gasteiger partial charge < -0.3 is 19.1 Å². The Labute approximate surface area is 170 Å². The third-order valence-electron chi connectivity index (χ3n) is 6.15. The number of hydrogen-bond acceptors (Lipinski definition) is 6. The monoisotopic (exact) mass is 403 g/mol. The number of nitrogens with zero attached hydrogens (tertiary/aromatic N) is 3. The first-order valence-corrected chi connectivity index (χ1v) is 10.5. The lowest BCUT2D eigenvalue weighted by molar-refractivity contribution is -0.142. The van der Waals surface area contributed by atoms with E-state index >= 15 is 0 Å². The molecule has 1 aliphatic carbocycles. The number of fused-ring (bicyclic) bond motifs is 2. The molecule has 0 atom stereocenters. The standard InChI is InChI=1S/C21H26ClN3O3/c1-26-20-17(28-13-21(11-27-12-21)10-25-7-2-3-8-25)9-16-19(24-20)18(22)14-5-4-6-15(14)23-16/h9H,2-8,10-13H2,1H3. The van der Waals surface area contributed by atoms with Crippen LogP contribution < -0.4 is 9.47 Å². The summed E-state index contributed by atoms with van der Waals surface area (Å²) >= 11 is 6.62. The molecular weight excluding hydrogens is 378 g/mol. The fraction of sp³-hybridized carbons (Fsp3) is 0.619. The lowest BCUT2D eigenvalue weighted by atomic mass is 9.86. The molecule has 0 saturated carbocycles. The van der Waals surface area contributed by atoms with Crippen LogP contribution in [0, 0.1) is 5.41 Å². The summed E-state index contributed by atoms with van der Waals surface area (Å²) in [6.45, 7) is 5.45. The number of pyridine rings is 2. The minimum Gasteiger partial charge on any atom is -0.487 e. The Morgan fingerprint density at radius 2 is 2.00 bits per heavy atom. The minimum atomic E-state index is 0.0489. The van der Waals surface area contributed by atoms with E-state index in [0.717, 1.165) is 55.8 Å². The fourth-order valence-electron chi connectivity index (χ4n) is 4.60. The van der Waals surface area contributed by atoms with E-state index in [9.17, 15) is 0 Å². The van der Waals surface area contributed by atoms with Crippen LogP contribution >= 0.6 is 11.6 Å². The highest BCUT2D eigenvalue weighted by Gasteiger charge is 2.41. The SMILES string of the molecule is COc1nc2c(Cl)c3c(nc2cc1OCC1(CN2CCCC2)COC1)CCC3. The summed E-state index contributed by atoms with van der Waals surface area (Å²) in [4.78, 5) is 12.0. The molecule has 6 nitrogen and oxygen atoms in total. The molecule has 0 bridgehead atoms. The van der Waals surface area contributed by atoms with Gasteiger partial charge in [-0.3, -0.25) is 4.98 Å². The molecule has 0 unspecified atom stereocenters. The van der Waals surface area contributed by atoms with Gasteiger partial charge in [-0.25, -0.2) is 4.98 Å². The molecule has 0 amide bonds. The van der Waals surface area contributed by atoms with E-state index in [0.29, 0.717) is 28.8 Å². The Bertz CT molecular complexity index is 894. The van der Waals surface area contributed by atoms with Gasteiger partial charge in [0.15, 0.2) is 5.75 Å². The molecule has 0 spiro atoms. The lowest BCUT2D eigenvalue weighted by Crippen LogP contribution is -2.54. The second kappa shape index (κ2) is 7.32. The van der Waals surface area contributed by atoms with Crippen molar-refractivity contribution in [1.82, 2.24) is 14.9 Å². The maximum Gasteiger partial charge on any atom is 0.257 e. The van der Waals surface area contributed by atoms with E-state index in [1.54, 1.807) is 7.11 Å². The summed E-state index contributed by atoms with van der Waals surface area (Å²) in [5.41, 5.74) is 3.75. The lowest BCUT2D eigenvalue weighted by Gasteiger charge is -2.43. The Hall–Kier alpha value is -1.63. The molecule has 4 heterocycles. The van der Waals surface area contributed by atoms with Crippen LogP contribution in [0.2, 0.25) is 5.02 Å². The summed E-state index contributed by atoms with van der Waals surface area (Å²) < 4.78 is 17.3. The second-order valence-electron chi connectivity index (χ2n) is 8.33. The van der Waals surface area contributed by atoms with Gasteiger partial charge in [0, 0.05) is 18.3 Å². The maximum absolute atomic E-state index is 6.62. The van der Waals surface area contributed by atoms with Gasteiger partial charge >= 0.3 is 0 Å². The highest BCUT2D eigenvalue weighted by molar-refractivity contribution is 6.35. The number of methoxy groups -OCH3 is 1. The minimum absolute atomic E-state index is 0.0489. The summed E-state index contributed by atoms with van der Waals surface area (Å²) in [7, 11) is 1.61. The number of aryl methyl sites for hydroxylation is 1. The first-order chi connectivity index (χ1) is 13.7. The topological polar surface area (TPSA) is 56.7 Å². The third kappa shape index (κ3) is 3.21. The van der Waals surface area contributed by atoms with Gasteiger partial charge in [-0.2, -0.15) is 0 Å². The fourth-order valence-corrected chi connectivity index (χ4v) is 4.94. The van der Waals surface area contributed by atoms with Crippen molar-refractivity contribution in [2.75, 3.05) is 46.6 Å². The van der Waals surface area contributed by atoms with Crippen molar-refractivity contribution < 1.29 is 14.2 Å². The van der Waals surface area contributed by atoms with Crippen molar-refractivity contribution in [1.29, 1.82) is 0 Å². The summed E-state index contributed by atoms with van der Waals surface area (Å²) in [6.07, 6.45) is 5.62. The summed E-state index contributed by atoms with van der Waals surface area (Å²) in [5, 5.41) is 0.709. The average Bonchev–Trinajstić information content (AvgIpc) is 3.35. The summed E-state index contributed by atoms with van der Waals surface area (Å²) in [5.74, 6) is 1.09. The molecule has 2 saturated heterocycles. The molecule has 7 heteroatoms. The van der Waals surface area contributed by atoms with Crippen LogP contribution in [-0.4, -0.2) is 61.4 Å². The molecule has 2 fully saturated rings. The predicted molar refractivity (Wildman–Crippen MR) is 108 cm³/mol. The molecular formula is C21H26ClN3O3. The Morgan fingerprint density at radius 3 is 2.71 bits per heavy atom. The molecule has 2 aromatic heterocycles. The van der Waals surface area contributed by atoms with Crippen LogP contribution in [0.25, 0.3) is 11.0 Å². The number of halogens is 1. The predicted octanol–water partition coefficient (Wildman–Crippen LogP) is 3.27. The van der Waals surface area contributed by atoms with Crippen LogP contribution in [0.3, 0.4) is 0 Å². The van der Waals surface area contributed by atoms with Gasteiger partial charge in [-0.1, -0.05) is 11.6 Å². The van der Waals surface area contributed by atoms with Gasteiger partial charge in [0.25, 0.3) is 5.88 Å². The molecule has 2 aromatic rings. The van der Waals surface area contributed by atoms with Crippen molar-refractivity contribution >= 4 is 22.6 Å². The smallest absolute Gasteiger partial charge is 0.257 e. The van der Waals surface area contributed by atoms with Crippen LogP contribution in [0.5, 0.6) is 11.6 Å². The van der Waals surface area contributed by atoms with Crippen LogP contribution in [0.4, 0.5) is 0 Å². The zero-order valence-corrected chi connectivity index (χ0v) is 17.1. The van der Waals surface area contributed by atoms with E-state index in [-0.39, 0.29) is 5.41 Å². The molecule has 0 N–H and O–H groups in total. The zero-order valence-electron chi connectivity index (χ0n) is 16.3. The Morgan fingerprint density at radius 1 is 1.18 bits per heavy atom. The first-order valence-electron chi connectivity index (χ1n) is 10.2. The van der Waals surface area contributed by atoms with Crippen molar-refractivity contribution in [2.24, 2.45) is 5.41 Å². The molecule has 0 radical (unpaired) electrons. The maximum atomic E-state index is 6.62.